The van der Waals surface area contributed by atoms with E-state index in [4.69, 9.17) is 0 Å². The minimum Gasteiger partial charge on any atom is -0.339 e. The number of amides is 2. The summed E-state index contributed by atoms with van der Waals surface area (Å²) >= 11 is 0. The number of aromatic nitrogens is 2. The fourth-order valence-electron chi connectivity index (χ4n) is 6.25. The summed E-state index contributed by atoms with van der Waals surface area (Å²) in [5.41, 5.74) is 6.83. The number of rotatable bonds is 6. The molecule has 0 saturated heterocycles. The molecule has 3 aromatic rings. The van der Waals surface area contributed by atoms with Crippen molar-refractivity contribution in [1.82, 2.24) is 20.2 Å². The van der Waals surface area contributed by atoms with Crippen LogP contribution in [-0.2, 0) is 17.9 Å². The third-order valence-electron chi connectivity index (χ3n) is 8.23. The van der Waals surface area contributed by atoms with Gasteiger partial charge in [0, 0.05) is 48.5 Å². The highest BCUT2D eigenvalue weighted by Gasteiger charge is 2.49. The highest BCUT2D eigenvalue weighted by Crippen LogP contribution is 2.55. The molecular formula is C29H33N5O2. The van der Waals surface area contributed by atoms with Gasteiger partial charge in [-0.25, -0.2) is 0 Å². The highest BCUT2D eigenvalue weighted by atomic mass is 16.2. The second-order valence-electron chi connectivity index (χ2n) is 10.6. The van der Waals surface area contributed by atoms with Crippen molar-refractivity contribution in [2.75, 3.05) is 11.9 Å². The molecule has 0 radical (unpaired) electrons. The maximum atomic E-state index is 13.5. The topological polar surface area (TPSA) is 88.1 Å². The Bertz CT molecular complexity index is 1280. The van der Waals surface area contributed by atoms with Gasteiger partial charge in [0.2, 0.25) is 5.91 Å². The van der Waals surface area contributed by atoms with E-state index < -0.39 is 6.04 Å². The molecule has 3 heterocycles. The number of anilines is 1. The summed E-state index contributed by atoms with van der Waals surface area (Å²) in [7, 11) is 0. The largest absolute Gasteiger partial charge is 0.339 e. The summed E-state index contributed by atoms with van der Waals surface area (Å²) in [5, 5.41) is 9.54. The fraction of sp³-hybridized carbons (Fsp3) is 0.414. The monoisotopic (exact) mass is 483 g/mol. The Balaban J connectivity index is 1.20. The van der Waals surface area contributed by atoms with Crippen LogP contribution in [0.5, 0.6) is 0 Å². The first-order chi connectivity index (χ1) is 17.5. The van der Waals surface area contributed by atoms with Crippen LogP contribution >= 0.6 is 0 Å². The summed E-state index contributed by atoms with van der Waals surface area (Å²) in [4.78, 5) is 31.3. The van der Waals surface area contributed by atoms with E-state index >= 15 is 0 Å². The van der Waals surface area contributed by atoms with Crippen LogP contribution in [-0.4, -0.2) is 34.0 Å². The number of hydrogen-bond acceptors (Lipinski definition) is 4. The Labute approximate surface area is 211 Å². The molecule has 2 fully saturated rings. The molecule has 36 heavy (non-hydrogen) atoms. The molecule has 186 valence electrons. The average Bonchev–Trinajstić information content (AvgIpc) is 3.27. The predicted octanol–water partition coefficient (Wildman–Crippen LogP) is 4.05. The number of carbonyl (C=O) groups excluding carboxylic acids is 2. The quantitative estimate of drug-likeness (QED) is 0.494. The van der Waals surface area contributed by atoms with Gasteiger partial charge in [-0.15, -0.1) is 0 Å². The lowest BCUT2D eigenvalue weighted by atomic mass is 9.93. The normalized spacial score (nSPS) is 22.9. The van der Waals surface area contributed by atoms with E-state index in [1.54, 1.807) is 0 Å². The molecule has 0 bridgehead atoms. The molecule has 1 unspecified atom stereocenters. The lowest BCUT2D eigenvalue weighted by Crippen LogP contribution is -2.49. The van der Waals surface area contributed by atoms with Gasteiger partial charge in [-0.1, -0.05) is 12.1 Å². The Morgan fingerprint density at radius 3 is 2.56 bits per heavy atom. The molecule has 2 aliphatic carbocycles. The maximum Gasteiger partial charge on any atom is 0.268 e. The summed E-state index contributed by atoms with van der Waals surface area (Å²) in [6.07, 6.45) is 5.12. The fourth-order valence-corrected chi connectivity index (χ4v) is 6.25. The van der Waals surface area contributed by atoms with E-state index in [0.29, 0.717) is 5.69 Å². The number of nitrogens with one attached hydrogen (secondary N) is 3. The van der Waals surface area contributed by atoms with E-state index in [2.05, 4.69) is 32.4 Å². The van der Waals surface area contributed by atoms with E-state index in [-0.39, 0.29) is 17.7 Å². The first-order valence-corrected chi connectivity index (χ1v) is 13.0. The molecule has 7 heteroatoms. The zero-order valence-electron chi connectivity index (χ0n) is 20.9. The molecule has 2 aromatic heterocycles. The number of nitrogens with zero attached hydrogens (tertiary/aromatic N) is 2. The predicted molar refractivity (Wildman–Crippen MR) is 139 cm³/mol. The Hall–Kier alpha value is -3.45. The molecule has 3 N–H and O–H groups in total. The molecule has 6 rings (SSSR count). The lowest BCUT2D eigenvalue weighted by Gasteiger charge is -2.26. The number of carbonyl (C=O) groups is 2. The van der Waals surface area contributed by atoms with Crippen molar-refractivity contribution in [3.8, 4) is 11.1 Å². The Kier molecular flexibility index (Phi) is 5.88. The van der Waals surface area contributed by atoms with E-state index in [1.807, 2.05) is 55.6 Å². The van der Waals surface area contributed by atoms with Gasteiger partial charge in [0.1, 0.15) is 11.7 Å². The average molecular weight is 484 g/mol. The molecule has 2 saturated carbocycles. The SMILES string of the molecule is Cc1ccnc(C)c1-c1ccc(NC(=O)[C@@H](NC(=O)c2ccc3n2CCNC3)C2C[C@@H]3C[C@@H]3C2)cc1. The molecule has 1 aromatic carbocycles. The summed E-state index contributed by atoms with van der Waals surface area (Å²) in [6, 6.07) is 13.2. The first-order valence-electron chi connectivity index (χ1n) is 13.0. The van der Waals surface area contributed by atoms with Crippen LogP contribution in [0.4, 0.5) is 5.69 Å². The minimum atomic E-state index is -0.541. The minimum absolute atomic E-state index is 0.136. The number of fused-ring (bicyclic) bond motifs is 2. The van der Waals surface area contributed by atoms with Crippen LogP contribution in [0.1, 0.15) is 46.7 Å². The molecule has 4 atom stereocenters. The molecular weight excluding hydrogens is 450 g/mol. The number of hydrogen-bond donors (Lipinski definition) is 3. The molecule has 7 nitrogen and oxygen atoms in total. The van der Waals surface area contributed by atoms with Crippen LogP contribution in [0.2, 0.25) is 0 Å². The van der Waals surface area contributed by atoms with Crippen molar-refractivity contribution in [1.29, 1.82) is 0 Å². The second-order valence-corrected chi connectivity index (χ2v) is 10.6. The number of pyridine rings is 1. The third-order valence-corrected chi connectivity index (χ3v) is 8.23. The number of benzene rings is 1. The molecule has 1 aliphatic heterocycles. The Morgan fingerprint density at radius 1 is 1.03 bits per heavy atom. The van der Waals surface area contributed by atoms with Crippen LogP contribution in [0.3, 0.4) is 0 Å². The van der Waals surface area contributed by atoms with Gasteiger partial charge >= 0.3 is 0 Å². The van der Waals surface area contributed by atoms with E-state index in [0.717, 1.165) is 72.5 Å². The smallest absolute Gasteiger partial charge is 0.268 e. The summed E-state index contributed by atoms with van der Waals surface area (Å²) in [6.45, 7) is 6.45. The van der Waals surface area contributed by atoms with Crippen LogP contribution in [0, 0.1) is 31.6 Å². The van der Waals surface area contributed by atoms with Gasteiger partial charge in [-0.2, -0.15) is 0 Å². The van der Waals surface area contributed by atoms with E-state index in [1.165, 1.54) is 12.0 Å². The number of aryl methyl sites for hydroxylation is 2. The summed E-state index contributed by atoms with van der Waals surface area (Å²) < 4.78 is 2.06. The summed E-state index contributed by atoms with van der Waals surface area (Å²) in [5.74, 6) is 1.32. The van der Waals surface area contributed by atoms with Crippen LogP contribution in [0.25, 0.3) is 11.1 Å². The van der Waals surface area contributed by atoms with Crippen LogP contribution in [0.15, 0.2) is 48.7 Å². The lowest BCUT2D eigenvalue weighted by molar-refractivity contribution is -0.119. The van der Waals surface area contributed by atoms with Crippen molar-refractivity contribution < 1.29 is 9.59 Å². The van der Waals surface area contributed by atoms with Crippen molar-refractivity contribution in [3.63, 3.8) is 0 Å². The zero-order valence-corrected chi connectivity index (χ0v) is 20.9. The van der Waals surface area contributed by atoms with Crippen LogP contribution < -0.4 is 16.0 Å². The molecule has 0 spiro atoms. The maximum absolute atomic E-state index is 13.5. The van der Waals surface area contributed by atoms with Gasteiger partial charge in [0.05, 0.1) is 0 Å². The van der Waals surface area contributed by atoms with Crippen molar-refractivity contribution in [3.05, 3.63) is 71.3 Å². The van der Waals surface area contributed by atoms with Gasteiger partial charge in [-0.05, 0) is 92.3 Å². The van der Waals surface area contributed by atoms with Gasteiger partial charge in [0.25, 0.3) is 5.91 Å². The Morgan fingerprint density at radius 2 is 1.81 bits per heavy atom. The van der Waals surface area contributed by atoms with Gasteiger partial charge < -0.3 is 20.5 Å². The van der Waals surface area contributed by atoms with Gasteiger partial charge in [0.15, 0.2) is 0 Å². The standard InChI is InChI=1S/C29H33N5O2/c1-17-9-10-31-18(2)26(17)19-3-5-23(6-4-19)32-29(36)27(22-14-20-13-21(20)15-22)33-28(35)25-8-7-24-16-30-11-12-34(24)25/h3-10,20-22,27,30H,11-16H2,1-2H3,(H,32,36)(H,33,35)/t20-,21+,22?,27-/m0/s1. The van der Waals surface area contributed by atoms with Crippen molar-refractivity contribution in [2.24, 2.45) is 17.8 Å². The first kappa shape index (κ1) is 23.0. The van der Waals surface area contributed by atoms with Gasteiger partial charge in [-0.3, -0.25) is 14.6 Å². The van der Waals surface area contributed by atoms with Crippen molar-refractivity contribution in [2.45, 2.75) is 52.2 Å². The molecule has 3 aliphatic rings. The van der Waals surface area contributed by atoms with Crippen molar-refractivity contribution >= 4 is 17.5 Å². The highest BCUT2D eigenvalue weighted by molar-refractivity contribution is 6.01. The zero-order chi connectivity index (χ0) is 24.8. The van der Waals surface area contributed by atoms with E-state index in [9.17, 15) is 9.59 Å². The molecule has 2 amide bonds. The third kappa shape index (κ3) is 4.32. The second kappa shape index (κ2) is 9.21.